The molecule has 0 spiro atoms. The third-order valence-corrected chi connectivity index (χ3v) is 2.54. The molecule has 0 amide bonds. The molecule has 0 aliphatic heterocycles. The lowest BCUT2D eigenvalue weighted by atomic mass is 10.5. The third kappa shape index (κ3) is 4.86. The molecule has 0 saturated carbocycles. The third-order valence-electron chi connectivity index (χ3n) is 2.54. The van der Waals surface area contributed by atoms with Crippen LogP contribution < -0.4 is 15.0 Å². The van der Waals surface area contributed by atoms with Gasteiger partial charge in [-0.25, -0.2) is 0 Å². The summed E-state index contributed by atoms with van der Waals surface area (Å²) in [7, 11) is 1.77. The Balaban J connectivity index is 2.77. The molecule has 0 saturated heterocycles. The van der Waals surface area contributed by atoms with Gasteiger partial charge in [-0.05, 0) is 20.8 Å². The SMILES string of the molecule is CCOCCOc1nc(NC)nc(N(CC)CC)n1. The molecule has 108 valence electrons. The number of rotatable bonds is 9. The minimum atomic E-state index is 0.320. The van der Waals surface area contributed by atoms with Gasteiger partial charge in [0.15, 0.2) is 0 Å². The fraction of sp³-hybridized carbons (Fsp3) is 0.750. The topological polar surface area (TPSA) is 72.4 Å². The number of aromatic nitrogens is 3. The predicted octanol–water partition coefficient (Wildman–Crippen LogP) is 1.17. The van der Waals surface area contributed by atoms with E-state index in [1.807, 2.05) is 11.8 Å². The van der Waals surface area contributed by atoms with E-state index in [9.17, 15) is 0 Å². The van der Waals surface area contributed by atoms with Crippen molar-refractivity contribution in [3.8, 4) is 6.01 Å². The average Bonchev–Trinajstić information content (AvgIpc) is 2.45. The van der Waals surface area contributed by atoms with Gasteiger partial charge in [0.25, 0.3) is 0 Å². The zero-order chi connectivity index (χ0) is 14.1. The first kappa shape index (κ1) is 15.4. The van der Waals surface area contributed by atoms with Gasteiger partial charge < -0.3 is 19.7 Å². The van der Waals surface area contributed by atoms with Crippen molar-refractivity contribution in [1.82, 2.24) is 15.0 Å². The molecule has 0 unspecified atom stereocenters. The van der Waals surface area contributed by atoms with Crippen LogP contribution in [0.1, 0.15) is 20.8 Å². The Hall–Kier alpha value is -1.63. The van der Waals surface area contributed by atoms with Crippen molar-refractivity contribution in [2.24, 2.45) is 0 Å². The Bertz CT molecular complexity index is 371. The summed E-state index contributed by atoms with van der Waals surface area (Å²) in [6.45, 7) is 9.36. The van der Waals surface area contributed by atoms with Crippen LogP contribution in [0.2, 0.25) is 0 Å². The van der Waals surface area contributed by atoms with E-state index >= 15 is 0 Å². The Morgan fingerprint density at radius 1 is 1.05 bits per heavy atom. The Morgan fingerprint density at radius 3 is 2.37 bits per heavy atom. The first-order valence-electron chi connectivity index (χ1n) is 6.64. The van der Waals surface area contributed by atoms with Crippen molar-refractivity contribution in [3.05, 3.63) is 0 Å². The Kier molecular flexibility index (Phi) is 6.88. The predicted molar refractivity (Wildman–Crippen MR) is 74.9 cm³/mol. The quantitative estimate of drug-likeness (QED) is 0.675. The lowest BCUT2D eigenvalue weighted by molar-refractivity contribution is 0.106. The summed E-state index contributed by atoms with van der Waals surface area (Å²) in [5.41, 5.74) is 0. The average molecular weight is 269 g/mol. The molecule has 1 heterocycles. The molecule has 1 rings (SSSR count). The van der Waals surface area contributed by atoms with E-state index in [0.717, 1.165) is 13.1 Å². The maximum Gasteiger partial charge on any atom is 0.323 e. The minimum absolute atomic E-state index is 0.320. The van der Waals surface area contributed by atoms with Crippen molar-refractivity contribution in [2.45, 2.75) is 20.8 Å². The second kappa shape index (κ2) is 8.47. The molecule has 0 aromatic carbocycles. The van der Waals surface area contributed by atoms with E-state index in [1.54, 1.807) is 7.05 Å². The maximum atomic E-state index is 5.48. The van der Waals surface area contributed by atoms with Gasteiger partial charge in [0.05, 0.1) is 6.61 Å². The van der Waals surface area contributed by atoms with Crippen molar-refractivity contribution in [2.75, 3.05) is 50.2 Å². The lowest BCUT2D eigenvalue weighted by Gasteiger charge is -2.19. The maximum absolute atomic E-state index is 5.48. The van der Waals surface area contributed by atoms with E-state index in [0.29, 0.717) is 37.7 Å². The summed E-state index contributed by atoms with van der Waals surface area (Å²) in [6.07, 6.45) is 0. The molecular weight excluding hydrogens is 246 g/mol. The molecule has 0 aliphatic carbocycles. The molecule has 7 nitrogen and oxygen atoms in total. The van der Waals surface area contributed by atoms with E-state index in [4.69, 9.17) is 9.47 Å². The summed E-state index contributed by atoms with van der Waals surface area (Å²) < 4.78 is 10.7. The van der Waals surface area contributed by atoms with Gasteiger partial charge in [-0.1, -0.05) is 0 Å². The summed E-state index contributed by atoms with van der Waals surface area (Å²) in [6, 6.07) is 0.320. The molecule has 1 aromatic heterocycles. The van der Waals surface area contributed by atoms with Gasteiger partial charge in [0.1, 0.15) is 6.61 Å². The van der Waals surface area contributed by atoms with Crippen molar-refractivity contribution >= 4 is 11.9 Å². The van der Waals surface area contributed by atoms with Crippen LogP contribution in [0.15, 0.2) is 0 Å². The van der Waals surface area contributed by atoms with Gasteiger partial charge in [0, 0.05) is 26.7 Å². The van der Waals surface area contributed by atoms with Gasteiger partial charge in [-0.3, -0.25) is 0 Å². The Morgan fingerprint density at radius 2 is 1.79 bits per heavy atom. The zero-order valence-electron chi connectivity index (χ0n) is 12.1. The van der Waals surface area contributed by atoms with Gasteiger partial charge in [-0.15, -0.1) is 0 Å². The van der Waals surface area contributed by atoms with Gasteiger partial charge in [0.2, 0.25) is 11.9 Å². The van der Waals surface area contributed by atoms with Gasteiger partial charge >= 0.3 is 6.01 Å². The lowest BCUT2D eigenvalue weighted by Crippen LogP contribution is -2.25. The van der Waals surface area contributed by atoms with Crippen LogP contribution in [0.3, 0.4) is 0 Å². The molecule has 1 N–H and O–H groups in total. The van der Waals surface area contributed by atoms with Crippen LogP contribution in [-0.4, -0.2) is 54.9 Å². The van der Waals surface area contributed by atoms with E-state index < -0.39 is 0 Å². The van der Waals surface area contributed by atoms with E-state index in [1.165, 1.54) is 0 Å². The summed E-state index contributed by atoms with van der Waals surface area (Å²) in [5.74, 6) is 1.12. The fourth-order valence-electron chi connectivity index (χ4n) is 1.51. The molecular formula is C12H23N5O2. The molecule has 0 bridgehead atoms. The van der Waals surface area contributed by atoms with Crippen molar-refractivity contribution in [1.29, 1.82) is 0 Å². The zero-order valence-corrected chi connectivity index (χ0v) is 12.1. The minimum Gasteiger partial charge on any atom is -0.461 e. The molecule has 1 aromatic rings. The second-order valence-electron chi connectivity index (χ2n) is 3.71. The van der Waals surface area contributed by atoms with Crippen LogP contribution in [0, 0.1) is 0 Å². The van der Waals surface area contributed by atoms with Crippen molar-refractivity contribution in [3.63, 3.8) is 0 Å². The highest BCUT2D eigenvalue weighted by atomic mass is 16.5. The van der Waals surface area contributed by atoms with Gasteiger partial charge in [-0.2, -0.15) is 15.0 Å². The number of hydrogen-bond donors (Lipinski definition) is 1. The van der Waals surface area contributed by atoms with Crippen LogP contribution in [0.4, 0.5) is 11.9 Å². The Labute approximate surface area is 114 Å². The first-order valence-corrected chi connectivity index (χ1v) is 6.64. The van der Waals surface area contributed by atoms with Crippen LogP contribution >= 0.6 is 0 Å². The summed E-state index contributed by atoms with van der Waals surface area (Å²) in [4.78, 5) is 14.8. The number of hydrogen-bond acceptors (Lipinski definition) is 7. The standard InChI is InChI=1S/C12H23N5O2/c1-5-17(6-2)11-14-10(13-4)15-12(16-11)19-9-8-18-7-3/h5-9H2,1-4H3,(H,13,14,15,16). The largest absolute Gasteiger partial charge is 0.461 e. The summed E-state index contributed by atoms with van der Waals surface area (Å²) >= 11 is 0. The molecule has 7 heteroatoms. The second-order valence-corrected chi connectivity index (χ2v) is 3.71. The number of nitrogens with one attached hydrogen (secondary N) is 1. The smallest absolute Gasteiger partial charge is 0.323 e. The summed E-state index contributed by atoms with van der Waals surface area (Å²) in [5, 5.41) is 2.91. The fourth-order valence-corrected chi connectivity index (χ4v) is 1.51. The van der Waals surface area contributed by atoms with E-state index in [-0.39, 0.29) is 0 Å². The monoisotopic (exact) mass is 269 g/mol. The molecule has 0 atom stereocenters. The molecule has 0 aliphatic rings. The highest BCUT2D eigenvalue weighted by molar-refractivity contribution is 5.37. The molecule has 19 heavy (non-hydrogen) atoms. The number of ether oxygens (including phenoxy) is 2. The van der Waals surface area contributed by atoms with Crippen LogP contribution in [0.5, 0.6) is 6.01 Å². The number of nitrogens with zero attached hydrogens (tertiary/aromatic N) is 4. The molecule has 0 fully saturated rings. The highest BCUT2D eigenvalue weighted by Crippen LogP contribution is 2.14. The van der Waals surface area contributed by atoms with Crippen molar-refractivity contribution < 1.29 is 9.47 Å². The van der Waals surface area contributed by atoms with Crippen LogP contribution in [-0.2, 0) is 4.74 Å². The normalized spacial score (nSPS) is 10.3. The molecule has 0 radical (unpaired) electrons. The van der Waals surface area contributed by atoms with Crippen LogP contribution in [0.25, 0.3) is 0 Å². The van der Waals surface area contributed by atoms with E-state index in [2.05, 4.69) is 34.1 Å². The number of anilines is 2. The highest BCUT2D eigenvalue weighted by Gasteiger charge is 2.11. The first-order chi connectivity index (χ1) is 9.24.